The minimum absolute atomic E-state index is 0.166. The van der Waals surface area contributed by atoms with Crippen molar-refractivity contribution in [2.45, 2.75) is 13.0 Å². The molecule has 0 radical (unpaired) electrons. The summed E-state index contributed by atoms with van der Waals surface area (Å²) in [5.74, 6) is 0.0964. The fourth-order valence-electron chi connectivity index (χ4n) is 2.33. The maximum Gasteiger partial charge on any atom is 0.252 e. The summed E-state index contributed by atoms with van der Waals surface area (Å²) in [5.41, 5.74) is 0.991. The van der Waals surface area contributed by atoms with Gasteiger partial charge < -0.3 is 14.8 Å². The molecule has 0 aliphatic carbocycles. The number of ether oxygens (including phenoxy) is 2. The average Bonchev–Trinajstić information content (AvgIpc) is 2.59. The van der Waals surface area contributed by atoms with Crippen LogP contribution in [0.25, 0.3) is 0 Å². The summed E-state index contributed by atoms with van der Waals surface area (Å²) in [6, 6.07) is 11.3. The fourth-order valence-corrected chi connectivity index (χ4v) is 2.62. The molecule has 0 aromatic heterocycles. The highest BCUT2D eigenvalue weighted by atomic mass is 35.5. The van der Waals surface area contributed by atoms with Crippen molar-refractivity contribution in [2.24, 2.45) is 0 Å². The van der Waals surface area contributed by atoms with Gasteiger partial charge in [0, 0.05) is 5.56 Å². The van der Waals surface area contributed by atoms with Gasteiger partial charge in [0.15, 0.2) is 17.3 Å². The van der Waals surface area contributed by atoms with Crippen LogP contribution in [0.15, 0.2) is 42.5 Å². The molecular weight excluding hydrogens is 330 g/mol. The zero-order valence-electron chi connectivity index (χ0n) is 13.6. The van der Waals surface area contributed by atoms with Gasteiger partial charge in [0.1, 0.15) is 6.04 Å². The Bertz CT molecular complexity index is 746. The number of carbonyl (C=O) groups excluding carboxylic acids is 2. The Morgan fingerprint density at radius 1 is 1.08 bits per heavy atom. The number of Topliss-reactive ketones (excluding diaryl/α,β-unsaturated/α-hetero) is 1. The third kappa shape index (κ3) is 3.86. The maximum atomic E-state index is 12.5. The minimum Gasteiger partial charge on any atom is -0.493 e. The third-order valence-corrected chi connectivity index (χ3v) is 3.79. The van der Waals surface area contributed by atoms with Crippen LogP contribution in [-0.2, 0) is 4.79 Å². The quantitative estimate of drug-likeness (QED) is 0.869. The van der Waals surface area contributed by atoms with E-state index in [4.69, 9.17) is 21.1 Å². The SMILES string of the molecule is COc1cc(C(=O)NC(C(C)=O)c2ccccc2)cc(Cl)c1OC. The van der Waals surface area contributed by atoms with Gasteiger partial charge in [0.25, 0.3) is 5.91 Å². The molecule has 24 heavy (non-hydrogen) atoms. The van der Waals surface area contributed by atoms with E-state index < -0.39 is 11.9 Å². The largest absolute Gasteiger partial charge is 0.493 e. The molecule has 1 unspecified atom stereocenters. The zero-order valence-corrected chi connectivity index (χ0v) is 14.4. The molecule has 6 heteroatoms. The van der Waals surface area contributed by atoms with Crippen LogP contribution in [0.2, 0.25) is 5.02 Å². The summed E-state index contributed by atoms with van der Waals surface area (Å²) >= 11 is 6.12. The van der Waals surface area contributed by atoms with Crippen molar-refractivity contribution in [3.63, 3.8) is 0 Å². The van der Waals surface area contributed by atoms with Crippen LogP contribution >= 0.6 is 11.6 Å². The predicted molar refractivity (Wildman–Crippen MR) is 91.9 cm³/mol. The van der Waals surface area contributed by atoms with Crippen LogP contribution in [0.4, 0.5) is 0 Å². The van der Waals surface area contributed by atoms with Crippen LogP contribution in [0.5, 0.6) is 11.5 Å². The van der Waals surface area contributed by atoms with Crippen molar-refractivity contribution in [1.29, 1.82) is 0 Å². The molecule has 0 bridgehead atoms. The van der Waals surface area contributed by atoms with Crippen LogP contribution in [0, 0.1) is 0 Å². The molecule has 1 amide bonds. The molecule has 1 N–H and O–H groups in total. The van der Waals surface area contributed by atoms with E-state index in [1.54, 1.807) is 12.1 Å². The second-order valence-electron chi connectivity index (χ2n) is 5.12. The topological polar surface area (TPSA) is 64.6 Å². The smallest absolute Gasteiger partial charge is 0.252 e. The van der Waals surface area contributed by atoms with Gasteiger partial charge in [0.05, 0.1) is 19.2 Å². The normalized spacial score (nSPS) is 11.5. The lowest BCUT2D eigenvalue weighted by Crippen LogP contribution is -2.32. The lowest BCUT2D eigenvalue weighted by atomic mass is 10.0. The molecule has 1 atom stereocenters. The molecule has 2 rings (SSSR count). The molecule has 0 fully saturated rings. The summed E-state index contributed by atoms with van der Waals surface area (Å²) in [5, 5.41) is 2.97. The van der Waals surface area contributed by atoms with Gasteiger partial charge in [-0.05, 0) is 24.6 Å². The monoisotopic (exact) mass is 347 g/mol. The minimum atomic E-state index is -0.731. The highest BCUT2D eigenvalue weighted by Crippen LogP contribution is 2.36. The van der Waals surface area contributed by atoms with E-state index in [0.29, 0.717) is 17.1 Å². The summed E-state index contributed by atoms with van der Waals surface area (Å²) in [7, 11) is 2.92. The van der Waals surface area contributed by atoms with Crippen molar-refractivity contribution in [2.75, 3.05) is 14.2 Å². The van der Waals surface area contributed by atoms with Crippen molar-refractivity contribution >= 4 is 23.3 Å². The van der Waals surface area contributed by atoms with Crippen molar-refractivity contribution < 1.29 is 19.1 Å². The molecule has 0 spiro atoms. The van der Waals surface area contributed by atoms with Gasteiger partial charge in [-0.25, -0.2) is 0 Å². The number of benzene rings is 2. The van der Waals surface area contributed by atoms with E-state index in [2.05, 4.69) is 5.32 Å². The van der Waals surface area contributed by atoms with E-state index >= 15 is 0 Å². The molecule has 0 saturated heterocycles. The van der Waals surface area contributed by atoms with Crippen LogP contribution in [0.1, 0.15) is 28.9 Å². The predicted octanol–water partition coefficient (Wildman–Crippen LogP) is 3.42. The molecule has 2 aromatic carbocycles. The van der Waals surface area contributed by atoms with E-state index in [1.165, 1.54) is 33.3 Å². The standard InChI is InChI=1S/C18H18ClNO4/c1-11(21)16(12-7-5-4-6-8-12)20-18(22)13-9-14(19)17(24-3)15(10-13)23-2/h4-10,16H,1-3H3,(H,20,22). The Balaban J connectivity index is 2.31. The molecule has 0 saturated carbocycles. The Labute approximate surface area is 145 Å². The number of hydrogen-bond acceptors (Lipinski definition) is 4. The molecule has 0 aliphatic heterocycles. The number of amides is 1. The number of rotatable bonds is 6. The number of ketones is 1. The molecule has 0 aliphatic rings. The summed E-state index contributed by atoms with van der Waals surface area (Å²) in [6.45, 7) is 1.43. The lowest BCUT2D eigenvalue weighted by Gasteiger charge is -2.17. The summed E-state index contributed by atoms with van der Waals surface area (Å²) in [4.78, 5) is 24.5. The number of nitrogens with one attached hydrogen (secondary N) is 1. The zero-order chi connectivity index (χ0) is 17.7. The maximum absolute atomic E-state index is 12.5. The van der Waals surface area contributed by atoms with Crippen LogP contribution in [0.3, 0.4) is 0 Å². The molecule has 5 nitrogen and oxygen atoms in total. The molecule has 0 heterocycles. The molecule has 126 valence electrons. The Hall–Kier alpha value is -2.53. The van der Waals surface area contributed by atoms with Crippen molar-refractivity contribution in [3.05, 3.63) is 58.6 Å². The summed E-state index contributed by atoms with van der Waals surface area (Å²) in [6.07, 6.45) is 0. The Morgan fingerprint density at radius 3 is 2.29 bits per heavy atom. The van der Waals surface area contributed by atoms with Gasteiger partial charge in [-0.1, -0.05) is 41.9 Å². The van der Waals surface area contributed by atoms with E-state index in [1.807, 2.05) is 18.2 Å². The lowest BCUT2D eigenvalue weighted by molar-refractivity contribution is -0.118. The highest BCUT2D eigenvalue weighted by Gasteiger charge is 2.21. The number of methoxy groups -OCH3 is 2. The molecule has 2 aromatic rings. The first-order chi connectivity index (χ1) is 11.5. The van der Waals surface area contributed by atoms with Crippen molar-refractivity contribution in [1.82, 2.24) is 5.32 Å². The first-order valence-corrected chi connectivity index (χ1v) is 7.63. The number of hydrogen-bond donors (Lipinski definition) is 1. The van der Waals surface area contributed by atoms with Gasteiger partial charge in [0.2, 0.25) is 0 Å². The fraction of sp³-hybridized carbons (Fsp3) is 0.222. The average molecular weight is 348 g/mol. The van der Waals surface area contributed by atoms with E-state index in [9.17, 15) is 9.59 Å². The van der Waals surface area contributed by atoms with Gasteiger partial charge in [-0.2, -0.15) is 0 Å². The molecular formula is C18H18ClNO4. The summed E-state index contributed by atoms with van der Waals surface area (Å²) < 4.78 is 10.3. The first kappa shape index (κ1) is 17.8. The second-order valence-corrected chi connectivity index (χ2v) is 5.53. The van der Waals surface area contributed by atoms with Gasteiger partial charge in [-0.15, -0.1) is 0 Å². The first-order valence-electron chi connectivity index (χ1n) is 7.25. The van der Waals surface area contributed by atoms with E-state index in [-0.39, 0.29) is 16.4 Å². The second kappa shape index (κ2) is 7.84. The Kier molecular flexibility index (Phi) is 5.82. The highest BCUT2D eigenvalue weighted by molar-refractivity contribution is 6.32. The van der Waals surface area contributed by atoms with Gasteiger partial charge in [-0.3, -0.25) is 9.59 Å². The van der Waals surface area contributed by atoms with Crippen LogP contribution < -0.4 is 14.8 Å². The third-order valence-electron chi connectivity index (χ3n) is 3.51. The number of carbonyl (C=O) groups is 2. The Morgan fingerprint density at radius 2 is 1.75 bits per heavy atom. The number of halogens is 1. The van der Waals surface area contributed by atoms with Crippen LogP contribution in [-0.4, -0.2) is 25.9 Å². The van der Waals surface area contributed by atoms with Crippen molar-refractivity contribution in [3.8, 4) is 11.5 Å². The van der Waals surface area contributed by atoms with Gasteiger partial charge >= 0.3 is 0 Å². The van der Waals surface area contributed by atoms with E-state index in [0.717, 1.165) is 0 Å².